The zero-order chi connectivity index (χ0) is 18.2. The molecular formula is C18H18BrF3N2O. The van der Waals surface area contributed by atoms with Crippen molar-refractivity contribution < 1.29 is 13.2 Å². The Morgan fingerprint density at radius 3 is 2.28 bits per heavy atom. The van der Waals surface area contributed by atoms with Gasteiger partial charge >= 0.3 is 6.18 Å². The lowest BCUT2D eigenvalue weighted by atomic mass is 9.81. The van der Waals surface area contributed by atoms with Gasteiger partial charge in [-0.3, -0.25) is 9.36 Å². The van der Waals surface area contributed by atoms with Gasteiger partial charge in [-0.2, -0.15) is 13.2 Å². The van der Waals surface area contributed by atoms with Crippen LogP contribution in [0.1, 0.15) is 43.1 Å². The van der Waals surface area contributed by atoms with Crippen LogP contribution in [0, 0.1) is 12.8 Å². The van der Waals surface area contributed by atoms with E-state index in [0.717, 1.165) is 4.47 Å². The third-order valence-electron chi connectivity index (χ3n) is 4.71. The van der Waals surface area contributed by atoms with Crippen molar-refractivity contribution in [3.8, 4) is 5.69 Å². The summed E-state index contributed by atoms with van der Waals surface area (Å²) in [6, 6.07) is 8.70. The highest BCUT2D eigenvalue weighted by Crippen LogP contribution is 2.42. The van der Waals surface area contributed by atoms with Crippen molar-refractivity contribution in [2.75, 3.05) is 0 Å². The zero-order valence-corrected chi connectivity index (χ0v) is 15.3. The average molecular weight is 415 g/mol. The highest BCUT2D eigenvalue weighted by molar-refractivity contribution is 9.10. The van der Waals surface area contributed by atoms with E-state index in [0.29, 0.717) is 30.0 Å². The van der Waals surface area contributed by atoms with Crippen molar-refractivity contribution >= 4 is 15.9 Å². The number of aryl methyl sites for hydroxylation is 1. The number of hydrogen-bond donors (Lipinski definition) is 0. The minimum Gasteiger partial charge on any atom is -0.269 e. The number of alkyl halides is 3. The SMILES string of the molecule is Cc1cc(=O)n(-c2ccc(Br)cc2)c(C2CCC(C(F)(F)F)CC2)n1. The number of hydrogen-bond acceptors (Lipinski definition) is 2. The monoisotopic (exact) mass is 414 g/mol. The maximum atomic E-state index is 12.9. The van der Waals surface area contributed by atoms with Crippen molar-refractivity contribution in [3.05, 3.63) is 56.7 Å². The standard InChI is InChI=1S/C18H18BrF3N2O/c1-11-10-16(25)24(15-8-6-14(19)7-9-15)17(23-11)12-2-4-13(5-3-12)18(20,21)22/h6-10,12-13H,2-5H2,1H3. The lowest BCUT2D eigenvalue weighted by molar-refractivity contribution is -0.182. The summed E-state index contributed by atoms with van der Waals surface area (Å²) in [4.78, 5) is 17.1. The van der Waals surface area contributed by atoms with E-state index < -0.39 is 12.1 Å². The maximum absolute atomic E-state index is 12.9. The Balaban J connectivity index is 1.97. The van der Waals surface area contributed by atoms with Crippen LogP contribution in [0.25, 0.3) is 5.69 Å². The molecular weight excluding hydrogens is 397 g/mol. The first-order chi connectivity index (χ1) is 11.8. The molecule has 0 bridgehead atoms. The Morgan fingerprint density at radius 2 is 1.72 bits per heavy atom. The lowest BCUT2D eigenvalue weighted by Gasteiger charge is -2.30. The van der Waals surface area contributed by atoms with Crippen LogP contribution in [0.5, 0.6) is 0 Å². The molecule has 0 aliphatic heterocycles. The molecule has 0 amide bonds. The molecule has 1 aromatic heterocycles. The van der Waals surface area contributed by atoms with Gasteiger partial charge in [-0.15, -0.1) is 0 Å². The predicted molar refractivity (Wildman–Crippen MR) is 93.0 cm³/mol. The summed E-state index contributed by atoms with van der Waals surface area (Å²) in [5, 5.41) is 0. The van der Waals surface area contributed by atoms with Gasteiger partial charge in [0.2, 0.25) is 0 Å². The molecule has 0 saturated heterocycles. The van der Waals surface area contributed by atoms with Gasteiger partial charge in [0, 0.05) is 22.2 Å². The quantitative estimate of drug-likeness (QED) is 0.681. The summed E-state index contributed by atoms with van der Waals surface area (Å²) in [6.45, 7) is 1.73. The van der Waals surface area contributed by atoms with E-state index in [2.05, 4.69) is 20.9 Å². The van der Waals surface area contributed by atoms with Crippen LogP contribution in [0.2, 0.25) is 0 Å². The van der Waals surface area contributed by atoms with Crippen LogP contribution >= 0.6 is 15.9 Å². The van der Waals surface area contributed by atoms with Gasteiger partial charge in [-0.25, -0.2) is 4.98 Å². The fourth-order valence-corrected chi connectivity index (χ4v) is 3.69. The minimum absolute atomic E-state index is 0.0817. The van der Waals surface area contributed by atoms with Gasteiger partial charge in [-0.1, -0.05) is 15.9 Å². The molecule has 1 fully saturated rings. The molecule has 134 valence electrons. The van der Waals surface area contributed by atoms with Crippen LogP contribution in [0.15, 0.2) is 39.6 Å². The van der Waals surface area contributed by atoms with E-state index >= 15 is 0 Å². The number of nitrogens with zero attached hydrogens (tertiary/aromatic N) is 2. The van der Waals surface area contributed by atoms with Gasteiger partial charge in [0.15, 0.2) is 0 Å². The largest absolute Gasteiger partial charge is 0.391 e. The van der Waals surface area contributed by atoms with E-state index in [4.69, 9.17) is 0 Å². The molecule has 0 radical (unpaired) electrons. The Labute approximate surface area is 152 Å². The molecule has 1 heterocycles. The summed E-state index contributed by atoms with van der Waals surface area (Å²) in [6.07, 6.45) is -3.21. The Kier molecular flexibility index (Phi) is 5.04. The van der Waals surface area contributed by atoms with E-state index in [1.54, 1.807) is 19.1 Å². The zero-order valence-electron chi connectivity index (χ0n) is 13.7. The Bertz CT molecular complexity index is 807. The first-order valence-electron chi connectivity index (χ1n) is 8.19. The normalized spacial score (nSPS) is 21.3. The van der Waals surface area contributed by atoms with Crippen molar-refractivity contribution in [3.63, 3.8) is 0 Å². The summed E-state index contributed by atoms with van der Waals surface area (Å²) >= 11 is 3.36. The summed E-state index contributed by atoms with van der Waals surface area (Å²) in [7, 11) is 0. The fourth-order valence-electron chi connectivity index (χ4n) is 3.42. The molecule has 1 aliphatic rings. The molecule has 0 atom stereocenters. The molecule has 0 N–H and O–H groups in total. The number of aromatic nitrogens is 2. The van der Waals surface area contributed by atoms with Crippen LogP contribution in [-0.2, 0) is 0 Å². The van der Waals surface area contributed by atoms with Crippen LogP contribution in [0.3, 0.4) is 0 Å². The van der Waals surface area contributed by atoms with Crippen molar-refractivity contribution in [1.82, 2.24) is 9.55 Å². The van der Waals surface area contributed by atoms with E-state index in [-0.39, 0.29) is 24.3 Å². The number of halogens is 4. The molecule has 25 heavy (non-hydrogen) atoms. The van der Waals surface area contributed by atoms with Gasteiger partial charge in [-0.05, 0) is 56.9 Å². The van der Waals surface area contributed by atoms with Gasteiger partial charge in [0.25, 0.3) is 5.56 Å². The molecule has 1 saturated carbocycles. The second kappa shape index (κ2) is 6.94. The summed E-state index contributed by atoms with van der Waals surface area (Å²) in [5.74, 6) is -0.829. The molecule has 1 aromatic carbocycles. The second-order valence-corrected chi connectivity index (χ2v) is 7.41. The predicted octanol–water partition coefficient (Wildman–Crippen LogP) is 5.14. The smallest absolute Gasteiger partial charge is 0.269 e. The van der Waals surface area contributed by atoms with Crippen molar-refractivity contribution in [2.24, 2.45) is 5.92 Å². The molecule has 3 nitrogen and oxygen atoms in total. The maximum Gasteiger partial charge on any atom is 0.391 e. The molecule has 0 unspecified atom stereocenters. The molecule has 7 heteroatoms. The van der Waals surface area contributed by atoms with E-state index in [1.807, 2.05) is 12.1 Å². The molecule has 0 spiro atoms. The van der Waals surface area contributed by atoms with Gasteiger partial charge in [0.05, 0.1) is 11.6 Å². The first-order valence-corrected chi connectivity index (χ1v) is 8.98. The number of rotatable bonds is 2. The summed E-state index contributed by atoms with van der Waals surface area (Å²) < 4.78 is 41.1. The van der Waals surface area contributed by atoms with Crippen LogP contribution in [-0.4, -0.2) is 15.7 Å². The molecule has 2 aromatic rings. The van der Waals surface area contributed by atoms with Crippen LogP contribution in [0.4, 0.5) is 13.2 Å². The summed E-state index contributed by atoms with van der Waals surface area (Å²) in [5.41, 5.74) is 1.06. The third kappa shape index (κ3) is 3.97. The molecule has 1 aliphatic carbocycles. The van der Waals surface area contributed by atoms with Gasteiger partial charge in [0.1, 0.15) is 5.82 Å². The first kappa shape index (κ1) is 18.2. The van der Waals surface area contributed by atoms with Gasteiger partial charge < -0.3 is 0 Å². The van der Waals surface area contributed by atoms with E-state index in [9.17, 15) is 18.0 Å². The second-order valence-electron chi connectivity index (χ2n) is 6.50. The Hall–Kier alpha value is -1.63. The van der Waals surface area contributed by atoms with Crippen molar-refractivity contribution in [2.45, 2.75) is 44.7 Å². The lowest BCUT2D eigenvalue weighted by Crippen LogP contribution is -2.30. The van der Waals surface area contributed by atoms with Crippen LogP contribution < -0.4 is 5.56 Å². The average Bonchev–Trinajstić information content (AvgIpc) is 2.55. The molecule has 3 rings (SSSR count). The van der Waals surface area contributed by atoms with E-state index in [1.165, 1.54) is 10.6 Å². The minimum atomic E-state index is -4.14. The topological polar surface area (TPSA) is 34.9 Å². The fraction of sp³-hybridized carbons (Fsp3) is 0.444. The third-order valence-corrected chi connectivity index (χ3v) is 5.24. The number of benzene rings is 1. The van der Waals surface area contributed by atoms with Crippen molar-refractivity contribution in [1.29, 1.82) is 0 Å². The highest BCUT2D eigenvalue weighted by atomic mass is 79.9. The Morgan fingerprint density at radius 1 is 1.12 bits per heavy atom. The highest BCUT2D eigenvalue weighted by Gasteiger charge is 2.42.